The van der Waals surface area contributed by atoms with Crippen molar-refractivity contribution in [1.82, 2.24) is 15.5 Å². The molecule has 4 nitrogen and oxygen atoms in total. The van der Waals surface area contributed by atoms with Crippen LogP contribution in [0.4, 0.5) is 0 Å². The van der Waals surface area contributed by atoms with E-state index >= 15 is 0 Å². The first kappa shape index (κ1) is 21.7. The Labute approximate surface area is 168 Å². The van der Waals surface area contributed by atoms with E-state index in [1.807, 2.05) is 11.3 Å². The number of guanidine groups is 1. The van der Waals surface area contributed by atoms with Gasteiger partial charge in [-0.3, -0.25) is 0 Å². The van der Waals surface area contributed by atoms with Crippen LogP contribution in [0.5, 0.6) is 0 Å². The summed E-state index contributed by atoms with van der Waals surface area (Å²) in [5, 5.41) is 6.90. The molecule has 1 unspecified atom stereocenters. The van der Waals surface area contributed by atoms with Crippen molar-refractivity contribution in [3.05, 3.63) is 21.9 Å². The van der Waals surface area contributed by atoms with E-state index in [1.165, 1.54) is 42.2 Å². The van der Waals surface area contributed by atoms with Crippen LogP contribution in [0.3, 0.4) is 0 Å². The molecule has 1 aliphatic rings. The van der Waals surface area contributed by atoms with E-state index < -0.39 is 0 Å². The van der Waals surface area contributed by atoms with Gasteiger partial charge in [0.1, 0.15) is 0 Å². The Morgan fingerprint density at radius 2 is 2.04 bits per heavy atom. The van der Waals surface area contributed by atoms with Gasteiger partial charge in [0.2, 0.25) is 0 Å². The molecule has 0 aliphatic carbocycles. The Kier molecular flexibility index (Phi) is 10.9. The summed E-state index contributed by atoms with van der Waals surface area (Å²) in [6.45, 7) is 13.0. The molecule has 24 heavy (non-hydrogen) atoms. The summed E-state index contributed by atoms with van der Waals surface area (Å²) in [4.78, 5) is 10.1. The molecular weight excluding hydrogens is 431 g/mol. The number of hydrogen-bond acceptors (Lipinski definition) is 3. The third-order valence-electron chi connectivity index (χ3n) is 4.27. The van der Waals surface area contributed by atoms with Crippen LogP contribution >= 0.6 is 35.3 Å². The van der Waals surface area contributed by atoms with Crippen molar-refractivity contribution in [1.29, 1.82) is 0 Å². The van der Waals surface area contributed by atoms with Gasteiger partial charge in [0.15, 0.2) is 5.96 Å². The first-order valence-electron chi connectivity index (χ1n) is 9.07. The first-order valence-corrected chi connectivity index (χ1v) is 9.88. The zero-order valence-corrected chi connectivity index (χ0v) is 18.5. The van der Waals surface area contributed by atoms with Crippen molar-refractivity contribution in [2.75, 3.05) is 32.7 Å². The number of nitrogens with one attached hydrogen (secondary N) is 2. The van der Waals surface area contributed by atoms with Gasteiger partial charge < -0.3 is 15.5 Å². The highest BCUT2D eigenvalue weighted by Gasteiger charge is 2.21. The van der Waals surface area contributed by atoms with Gasteiger partial charge in [-0.25, -0.2) is 4.99 Å². The molecule has 0 radical (unpaired) electrons. The topological polar surface area (TPSA) is 39.7 Å². The van der Waals surface area contributed by atoms with Gasteiger partial charge in [0.05, 0.1) is 6.54 Å². The van der Waals surface area contributed by atoms with Crippen molar-refractivity contribution in [3.8, 4) is 0 Å². The van der Waals surface area contributed by atoms with E-state index in [0.29, 0.717) is 0 Å². The highest BCUT2D eigenvalue weighted by atomic mass is 127. The van der Waals surface area contributed by atoms with E-state index in [1.54, 1.807) is 0 Å². The van der Waals surface area contributed by atoms with Gasteiger partial charge in [-0.2, -0.15) is 0 Å². The molecule has 2 heterocycles. The fourth-order valence-electron chi connectivity index (χ4n) is 3.04. The van der Waals surface area contributed by atoms with Gasteiger partial charge in [0, 0.05) is 29.4 Å². The van der Waals surface area contributed by atoms with Gasteiger partial charge in [-0.05, 0) is 57.3 Å². The van der Waals surface area contributed by atoms with E-state index in [2.05, 4.69) is 48.4 Å². The molecule has 0 bridgehead atoms. The van der Waals surface area contributed by atoms with Gasteiger partial charge in [0.25, 0.3) is 0 Å². The van der Waals surface area contributed by atoms with Gasteiger partial charge in [-0.1, -0.05) is 13.8 Å². The minimum atomic E-state index is 0. The number of halogens is 1. The third-order valence-corrected chi connectivity index (χ3v) is 5.49. The standard InChI is InChI=1S/C18H32N4S.HI/c1-4-10-22-11-9-15(14-22)12-20-18(19-6-3)21-13-17-8-7-16(5-2)23-17;/h7-8,15H,4-6,9-14H2,1-3H3,(H2,19,20,21);1H. The SMILES string of the molecule is CCCN1CCC(CNC(=NCc2ccc(CC)s2)NCC)C1.I. The largest absolute Gasteiger partial charge is 0.357 e. The lowest BCUT2D eigenvalue weighted by Crippen LogP contribution is -2.40. The van der Waals surface area contributed by atoms with E-state index in [0.717, 1.165) is 37.9 Å². The van der Waals surface area contributed by atoms with E-state index in [9.17, 15) is 0 Å². The number of rotatable bonds is 8. The lowest BCUT2D eigenvalue weighted by Gasteiger charge is -2.16. The average molecular weight is 464 g/mol. The van der Waals surface area contributed by atoms with Crippen LogP contribution in [0.15, 0.2) is 17.1 Å². The molecule has 2 rings (SSSR count). The van der Waals surface area contributed by atoms with Crippen LogP contribution in [0, 0.1) is 5.92 Å². The average Bonchev–Trinajstić information content (AvgIpc) is 3.19. The highest BCUT2D eigenvalue weighted by molar-refractivity contribution is 14.0. The summed E-state index contributed by atoms with van der Waals surface area (Å²) in [5.74, 6) is 1.70. The van der Waals surface area contributed by atoms with Gasteiger partial charge >= 0.3 is 0 Å². The Morgan fingerprint density at radius 3 is 2.71 bits per heavy atom. The van der Waals surface area contributed by atoms with Crippen molar-refractivity contribution in [3.63, 3.8) is 0 Å². The Bertz CT molecular complexity index is 489. The second kappa shape index (κ2) is 12.1. The number of thiophene rings is 1. The summed E-state index contributed by atoms with van der Waals surface area (Å²) in [6, 6.07) is 4.42. The van der Waals surface area contributed by atoms with Crippen molar-refractivity contribution >= 4 is 41.3 Å². The molecule has 0 amide bonds. The van der Waals surface area contributed by atoms with E-state index in [4.69, 9.17) is 4.99 Å². The lowest BCUT2D eigenvalue weighted by molar-refractivity contribution is 0.324. The predicted molar refractivity (Wildman–Crippen MR) is 117 cm³/mol. The summed E-state index contributed by atoms with van der Waals surface area (Å²) in [5.41, 5.74) is 0. The van der Waals surface area contributed by atoms with E-state index in [-0.39, 0.29) is 24.0 Å². The van der Waals surface area contributed by atoms with Crippen LogP contribution in [-0.4, -0.2) is 43.6 Å². The quantitative estimate of drug-likeness (QED) is 0.350. The first-order chi connectivity index (χ1) is 11.2. The van der Waals surface area contributed by atoms with Crippen LogP contribution in [0.1, 0.15) is 43.4 Å². The monoisotopic (exact) mass is 464 g/mol. The highest BCUT2D eigenvalue weighted by Crippen LogP contribution is 2.18. The molecule has 1 atom stereocenters. The zero-order chi connectivity index (χ0) is 16.5. The van der Waals surface area contributed by atoms with Crippen molar-refractivity contribution in [2.45, 2.75) is 46.6 Å². The number of nitrogens with zero attached hydrogens (tertiary/aromatic N) is 2. The molecule has 138 valence electrons. The zero-order valence-electron chi connectivity index (χ0n) is 15.3. The second-order valence-electron chi connectivity index (χ2n) is 6.25. The third kappa shape index (κ3) is 7.27. The fraction of sp³-hybridized carbons (Fsp3) is 0.722. The van der Waals surface area contributed by atoms with Crippen LogP contribution < -0.4 is 10.6 Å². The molecule has 1 aromatic rings. The predicted octanol–water partition coefficient (Wildman–Crippen LogP) is 3.72. The summed E-state index contributed by atoms with van der Waals surface area (Å²) < 4.78 is 0. The van der Waals surface area contributed by atoms with Crippen molar-refractivity contribution in [2.24, 2.45) is 10.9 Å². The molecule has 6 heteroatoms. The summed E-state index contributed by atoms with van der Waals surface area (Å²) in [6.07, 6.45) is 3.67. The van der Waals surface area contributed by atoms with Crippen LogP contribution in [-0.2, 0) is 13.0 Å². The number of likely N-dealkylation sites (tertiary alicyclic amines) is 1. The second-order valence-corrected chi connectivity index (χ2v) is 7.51. The van der Waals surface area contributed by atoms with Crippen molar-refractivity contribution < 1.29 is 0 Å². The number of hydrogen-bond donors (Lipinski definition) is 2. The molecule has 0 spiro atoms. The maximum Gasteiger partial charge on any atom is 0.191 e. The molecule has 1 aliphatic heterocycles. The normalized spacial score (nSPS) is 18.5. The molecule has 0 aromatic carbocycles. The fourth-order valence-corrected chi connectivity index (χ4v) is 3.92. The minimum Gasteiger partial charge on any atom is -0.357 e. The molecule has 2 N–H and O–H groups in total. The number of aryl methyl sites for hydroxylation is 1. The molecular formula is C18H33IN4S. The summed E-state index contributed by atoms with van der Waals surface area (Å²) >= 11 is 1.87. The maximum atomic E-state index is 4.74. The Morgan fingerprint density at radius 1 is 1.25 bits per heavy atom. The molecule has 1 fully saturated rings. The Balaban J connectivity index is 0.00000288. The molecule has 1 saturated heterocycles. The lowest BCUT2D eigenvalue weighted by atomic mass is 10.1. The van der Waals surface area contributed by atoms with Crippen LogP contribution in [0.2, 0.25) is 0 Å². The maximum absolute atomic E-state index is 4.74. The smallest absolute Gasteiger partial charge is 0.191 e. The van der Waals surface area contributed by atoms with Gasteiger partial charge in [-0.15, -0.1) is 35.3 Å². The number of aliphatic imine (C=N–C) groups is 1. The van der Waals surface area contributed by atoms with Crippen LogP contribution in [0.25, 0.3) is 0 Å². The minimum absolute atomic E-state index is 0. The molecule has 0 saturated carbocycles. The Hall–Kier alpha value is -0.340. The molecule has 1 aromatic heterocycles. The summed E-state index contributed by atoms with van der Waals surface area (Å²) in [7, 11) is 0.